The van der Waals surface area contributed by atoms with E-state index < -0.39 is 10.0 Å². The fourth-order valence-corrected chi connectivity index (χ4v) is 3.95. The Labute approximate surface area is 151 Å². The van der Waals surface area contributed by atoms with Crippen molar-refractivity contribution < 1.29 is 17.9 Å². The van der Waals surface area contributed by atoms with E-state index in [1.807, 2.05) is 24.3 Å². The molecule has 0 aromatic heterocycles. The average molecular weight is 390 g/mol. The number of rotatable bonds is 7. The summed E-state index contributed by atoms with van der Waals surface area (Å²) in [6.45, 7) is 0.231. The van der Waals surface area contributed by atoms with E-state index in [2.05, 4.69) is 4.72 Å². The minimum absolute atomic E-state index is 0.0621. The summed E-state index contributed by atoms with van der Waals surface area (Å²) in [7, 11) is -0.749. The summed E-state index contributed by atoms with van der Waals surface area (Å²) < 4.78 is 37.4. The Hall–Kier alpha value is -1.47. The molecule has 24 heavy (non-hydrogen) atoms. The van der Waals surface area contributed by atoms with Gasteiger partial charge < -0.3 is 9.47 Å². The Kier molecular flexibility index (Phi) is 6.34. The molecule has 0 aliphatic carbocycles. The molecule has 0 heterocycles. The van der Waals surface area contributed by atoms with Crippen molar-refractivity contribution in [1.29, 1.82) is 0 Å². The first-order chi connectivity index (χ1) is 11.4. The second-order valence-corrected chi connectivity index (χ2v) is 7.38. The number of ether oxygens (including phenoxy) is 2. The van der Waals surface area contributed by atoms with Crippen molar-refractivity contribution in [3.8, 4) is 11.5 Å². The van der Waals surface area contributed by atoms with Crippen LogP contribution >= 0.6 is 23.2 Å². The molecule has 2 aromatic carbocycles. The van der Waals surface area contributed by atoms with E-state index in [1.54, 1.807) is 7.11 Å². The second-order valence-electron chi connectivity index (χ2n) is 4.89. The molecule has 0 aliphatic rings. The first-order valence-corrected chi connectivity index (χ1v) is 9.27. The molecule has 0 bridgehead atoms. The molecule has 0 spiro atoms. The van der Waals surface area contributed by atoms with Gasteiger partial charge in [-0.15, -0.1) is 0 Å². The normalized spacial score (nSPS) is 11.3. The quantitative estimate of drug-likeness (QED) is 0.786. The Bertz CT molecular complexity index is 808. The van der Waals surface area contributed by atoms with Crippen molar-refractivity contribution in [3.63, 3.8) is 0 Å². The van der Waals surface area contributed by atoms with Gasteiger partial charge in [-0.2, -0.15) is 0 Å². The third-order valence-corrected chi connectivity index (χ3v) is 5.87. The van der Waals surface area contributed by atoms with Gasteiger partial charge in [0.05, 0.1) is 19.2 Å². The predicted octanol–water partition coefficient (Wildman–Crippen LogP) is 3.53. The van der Waals surface area contributed by atoms with E-state index in [1.165, 1.54) is 19.2 Å². The van der Waals surface area contributed by atoms with Gasteiger partial charge in [-0.25, -0.2) is 13.1 Å². The summed E-state index contributed by atoms with van der Waals surface area (Å²) >= 11 is 12.0. The highest BCUT2D eigenvalue weighted by atomic mass is 35.5. The molecular formula is C16H17Cl2NO4S. The van der Waals surface area contributed by atoms with Crippen LogP contribution in [0.3, 0.4) is 0 Å². The van der Waals surface area contributed by atoms with Gasteiger partial charge in [0.1, 0.15) is 21.4 Å². The third-order valence-electron chi connectivity index (χ3n) is 3.39. The van der Waals surface area contributed by atoms with Crippen molar-refractivity contribution in [2.75, 3.05) is 20.8 Å². The van der Waals surface area contributed by atoms with Crippen molar-refractivity contribution in [1.82, 2.24) is 4.72 Å². The minimum Gasteiger partial charge on any atom is -0.497 e. The largest absolute Gasteiger partial charge is 0.497 e. The molecule has 8 heteroatoms. The zero-order chi connectivity index (χ0) is 17.7. The number of benzene rings is 2. The molecular weight excluding hydrogens is 373 g/mol. The number of halogens is 2. The molecule has 2 rings (SSSR count). The van der Waals surface area contributed by atoms with Crippen LogP contribution in [0, 0.1) is 0 Å². The number of sulfonamides is 1. The number of methoxy groups -OCH3 is 2. The van der Waals surface area contributed by atoms with Crippen LogP contribution in [0.5, 0.6) is 11.5 Å². The van der Waals surface area contributed by atoms with Crippen molar-refractivity contribution in [2.24, 2.45) is 0 Å². The van der Waals surface area contributed by atoms with Gasteiger partial charge in [0.25, 0.3) is 0 Å². The zero-order valence-corrected chi connectivity index (χ0v) is 15.5. The Morgan fingerprint density at radius 1 is 0.958 bits per heavy atom. The van der Waals surface area contributed by atoms with Gasteiger partial charge in [0.15, 0.2) is 0 Å². The van der Waals surface area contributed by atoms with E-state index in [4.69, 9.17) is 32.7 Å². The van der Waals surface area contributed by atoms with E-state index in [9.17, 15) is 8.42 Å². The summed E-state index contributed by atoms with van der Waals surface area (Å²) in [5.74, 6) is 1.07. The second kappa shape index (κ2) is 8.07. The van der Waals surface area contributed by atoms with Crippen LogP contribution in [0.1, 0.15) is 5.56 Å². The lowest BCUT2D eigenvalue weighted by Crippen LogP contribution is -2.26. The van der Waals surface area contributed by atoms with Crippen LogP contribution in [-0.2, 0) is 16.4 Å². The molecule has 0 unspecified atom stereocenters. The maximum atomic E-state index is 12.4. The van der Waals surface area contributed by atoms with E-state index >= 15 is 0 Å². The lowest BCUT2D eigenvalue weighted by Gasteiger charge is -2.11. The number of hydrogen-bond acceptors (Lipinski definition) is 4. The monoisotopic (exact) mass is 389 g/mol. The molecule has 0 amide bonds. The van der Waals surface area contributed by atoms with Crippen LogP contribution < -0.4 is 14.2 Å². The molecule has 2 aromatic rings. The highest BCUT2D eigenvalue weighted by Crippen LogP contribution is 2.36. The van der Waals surface area contributed by atoms with Crippen molar-refractivity contribution in [3.05, 3.63) is 52.0 Å². The van der Waals surface area contributed by atoms with E-state index in [0.717, 1.165) is 11.3 Å². The van der Waals surface area contributed by atoms with E-state index in [0.29, 0.717) is 12.2 Å². The van der Waals surface area contributed by atoms with Crippen LogP contribution in [0.4, 0.5) is 0 Å². The molecule has 0 atom stereocenters. The van der Waals surface area contributed by atoms with E-state index in [-0.39, 0.29) is 21.5 Å². The van der Waals surface area contributed by atoms with Gasteiger partial charge in [0, 0.05) is 6.54 Å². The van der Waals surface area contributed by atoms with Crippen molar-refractivity contribution >= 4 is 33.2 Å². The molecule has 0 saturated heterocycles. The SMILES string of the molecule is COc1ccc(CCNS(=O)(=O)c2ccc(OC)c(Cl)c2Cl)cc1. The molecule has 1 N–H and O–H groups in total. The van der Waals surface area contributed by atoms with Crippen molar-refractivity contribution in [2.45, 2.75) is 11.3 Å². The maximum absolute atomic E-state index is 12.4. The fraction of sp³-hybridized carbons (Fsp3) is 0.250. The van der Waals surface area contributed by atoms with Gasteiger partial charge in [-0.05, 0) is 36.2 Å². The first-order valence-electron chi connectivity index (χ1n) is 7.03. The predicted molar refractivity (Wildman–Crippen MR) is 94.9 cm³/mol. The Morgan fingerprint density at radius 2 is 1.62 bits per heavy atom. The maximum Gasteiger partial charge on any atom is 0.242 e. The smallest absolute Gasteiger partial charge is 0.242 e. The highest BCUT2D eigenvalue weighted by molar-refractivity contribution is 7.89. The van der Waals surface area contributed by atoms with Gasteiger partial charge >= 0.3 is 0 Å². The zero-order valence-electron chi connectivity index (χ0n) is 13.2. The summed E-state index contributed by atoms with van der Waals surface area (Å²) in [6, 6.07) is 10.2. The van der Waals surface area contributed by atoms with Crippen LogP contribution in [0.2, 0.25) is 10.0 Å². The summed E-state index contributed by atoms with van der Waals surface area (Å²) in [4.78, 5) is -0.0790. The molecule has 0 radical (unpaired) electrons. The summed E-state index contributed by atoms with van der Waals surface area (Å²) in [5, 5.41) is 0.00478. The number of nitrogens with one attached hydrogen (secondary N) is 1. The standard InChI is InChI=1S/C16H17Cl2NO4S/c1-22-12-5-3-11(4-6-12)9-10-19-24(20,21)14-8-7-13(23-2)15(17)16(14)18/h3-8,19H,9-10H2,1-2H3. The Morgan fingerprint density at radius 3 is 2.21 bits per heavy atom. The van der Waals surface area contributed by atoms with Crippen LogP contribution in [-0.4, -0.2) is 29.2 Å². The molecule has 5 nitrogen and oxygen atoms in total. The minimum atomic E-state index is -3.77. The third kappa shape index (κ3) is 4.33. The molecule has 130 valence electrons. The van der Waals surface area contributed by atoms with Crippen LogP contribution in [0.25, 0.3) is 0 Å². The fourth-order valence-electron chi connectivity index (χ4n) is 2.08. The Balaban J connectivity index is 2.07. The molecule has 0 fully saturated rings. The topological polar surface area (TPSA) is 64.6 Å². The summed E-state index contributed by atoms with van der Waals surface area (Å²) in [5.41, 5.74) is 0.984. The lowest BCUT2D eigenvalue weighted by molar-refractivity contribution is 0.414. The van der Waals surface area contributed by atoms with Gasteiger partial charge in [-0.3, -0.25) is 0 Å². The van der Waals surface area contributed by atoms with Crippen LogP contribution in [0.15, 0.2) is 41.3 Å². The molecule has 0 saturated carbocycles. The molecule has 0 aliphatic heterocycles. The first kappa shape index (κ1) is 18.9. The summed E-state index contributed by atoms with van der Waals surface area (Å²) in [6.07, 6.45) is 0.532. The lowest BCUT2D eigenvalue weighted by atomic mass is 10.1. The van der Waals surface area contributed by atoms with Gasteiger partial charge in [0.2, 0.25) is 10.0 Å². The average Bonchev–Trinajstić information content (AvgIpc) is 2.57. The number of hydrogen-bond donors (Lipinski definition) is 1. The van der Waals surface area contributed by atoms with Gasteiger partial charge in [-0.1, -0.05) is 35.3 Å². The highest BCUT2D eigenvalue weighted by Gasteiger charge is 2.21.